The number of carbonyl (C=O) groups excluding carboxylic acids is 2. The van der Waals surface area contributed by atoms with Crippen LogP contribution in [0, 0.1) is 0 Å². The molecule has 0 saturated carbocycles. The van der Waals surface area contributed by atoms with Gasteiger partial charge in [-0.15, -0.1) is 0 Å². The predicted octanol–water partition coefficient (Wildman–Crippen LogP) is 3.76. The number of likely N-dealkylation sites (tertiary alicyclic amines) is 1. The number of nitrogens with zero attached hydrogens (tertiary/aromatic N) is 1. The van der Waals surface area contributed by atoms with Crippen LogP contribution in [0.5, 0.6) is 0 Å². The van der Waals surface area contributed by atoms with Crippen LogP contribution < -0.4 is 10.6 Å². The Morgan fingerprint density at radius 2 is 1.70 bits per heavy atom. The van der Waals surface area contributed by atoms with Crippen LogP contribution in [0.2, 0.25) is 0 Å². The van der Waals surface area contributed by atoms with Gasteiger partial charge in [-0.05, 0) is 17.0 Å². The lowest BCUT2D eigenvalue weighted by molar-refractivity contribution is -0.128. The highest BCUT2D eigenvalue weighted by atomic mass is 16.2. The van der Waals surface area contributed by atoms with E-state index in [1.165, 1.54) is 0 Å². The first-order valence-corrected chi connectivity index (χ1v) is 9.06. The van der Waals surface area contributed by atoms with Gasteiger partial charge in [-0.2, -0.15) is 0 Å². The van der Waals surface area contributed by atoms with Crippen LogP contribution in [0.4, 0.5) is 10.5 Å². The smallest absolute Gasteiger partial charge is 0.319 e. The molecule has 1 saturated heterocycles. The van der Waals surface area contributed by atoms with Gasteiger partial charge in [0, 0.05) is 24.9 Å². The third-order valence-corrected chi connectivity index (χ3v) is 4.80. The third kappa shape index (κ3) is 3.92. The van der Waals surface area contributed by atoms with E-state index in [2.05, 4.69) is 10.6 Å². The maximum Gasteiger partial charge on any atom is 0.319 e. The number of benzene rings is 3. The average Bonchev–Trinajstić information content (AvgIpc) is 3.01. The molecule has 3 aromatic carbocycles. The molecule has 0 aliphatic carbocycles. The Hall–Kier alpha value is -3.34. The van der Waals surface area contributed by atoms with Crippen LogP contribution in [0.1, 0.15) is 12.0 Å². The second-order valence-corrected chi connectivity index (χ2v) is 6.79. The van der Waals surface area contributed by atoms with Gasteiger partial charge in [-0.25, -0.2) is 4.79 Å². The first kappa shape index (κ1) is 17.1. The summed E-state index contributed by atoms with van der Waals surface area (Å²) in [4.78, 5) is 26.5. The van der Waals surface area contributed by atoms with Crippen LogP contribution in [0.25, 0.3) is 10.8 Å². The van der Waals surface area contributed by atoms with Gasteiger partial charge in [-0.3, -0.25) is 4.79 Å². The zero-order valence-corrected chi connectivity index (χ0v) is 14.9. The van der Waals surface area contributed by atoms with E-state index in [1.54, 1.807) is 4.90 Å². The highest BCUT2D eigenvalue weighted by Gasteiger charge is 2.30. The highest BCUT2D eigenvalue weighted by Crippen LogP contribution is 2.23. The Kier molecular flexibility index (Phi) is 4.75. The molecule has 27 heavy (non-hydrogen) atoms. The summed E-state index contributed by atoms with van der Waals surface area (Å²) in [5, 5.41) is 7.90. The quantitative estimate of drug-likeness (QED) is 0.745. The van der Waals surface area contributed by atoms with Gasteiger partial charge in [0.1, 0.15) is 0 Å². The summed E-state index contributed by atoms with van der Waals surface area (Å²) in [5.74, 6) is 0.0642. The topological polar surface area (TPSA) is 61.4 Å². The van der Waals surface area contributed by atoms with Crippen molar-refractivity contribution in [3.8, 4) is 0 Å². The van der Waals surface area contributed by atoms with Crippen molar-refractivity contribution in [1.82, 2.24) is 10.2 Å². The molecular weight excluding hydrogens is 338 g/mol. The van der Waals surface area contributed by atoms with Crippen molar-refractivity contribution in [2.45, 2.75) is 19.0 Å². The minimum absolute atomic E-state index is 0.0642. The second-order valence-electron chi connectivity index (χ2n) is 6.79. The van der Waals surface area contributed by atoms with Crippen molar-refractivity contribution < 1.29 is 9.59 Å². The number of nitrogens with one attached hydrogen (secondary N) is 2. The fraction of sp³-hybridized carbons (Fsp3) is 0.182. The summed E-state index contributed by atoms with van der Waals surface area (Å²) in [6, 6.07) is 23.1. The molecule has 3 aromatic rings. The fourth-order valence-electron chi connectivity index (χ4n) is 3.50. The van der Waals surface area contributed by atoms with Gasteiger partial charge in [0.05, 0.1) is 11.7 Å². The SMILES string of the molecule is O=C(Nc1cccc2ccccc12)NC1CC(=O)N(Cc2ccccc2)C1. The summed E-state index contributed by atoms with van der Waals surface area (Å²) in [6.45, 7) is 1.10. The molecule has 1 fully saturated rings. The monoisotopic (exact) mass is 359 g/mol. The molecular formula is C22H21N3O2. The van der Waals surface area contributed by atoms with Crippen molar-refractivity contribution in [2.75, 3.05) is 11.9 Å². The standard InChI is InChI=1S/C22H21N3O2/c26-21-13-18(15-25(21)14-16-7-2-1-3-8-16)23-22(27)24-20-12-6-10-17-9-4-5-11-19(17)20/h1-12,18H,13-15H2,(H2,23,24,27). The predicted molar refractivity (Wildman–Crippen MR) is 106 cm³/mol. The number of anilines is 1. The van der Waals surface area contributed by atoms with Gasteiger partial charge >= 0.3 is 6.03 Å². The zero-order chi connectivity index (χ0) is 18.6. The van der Waals surface area contributed by atoms with Gasteiger partial charge in [0.2, 0.25) is 5.91 Å². The molecule has 1 aliphatic heterocycles. The van der Waals surface area contributed by atoms with Crippen LogP contribution >= 0.6 is 0 Å². The Labute approximate surface area is 158 Å². The number of urea groups is 1. The van der Waals surface area contributed by atoms with E-state index in [1.807, 2.05) is 72.8 Å². The summed E-state index contributed by atoms with van der Waals surface area (Å²) in [7, 11) is 0. The lowest BCUT2D eigenvalue weighted by atomic mass is 10.1. The van der Waals surface area contributed by atoms with Crippen LogP contribution in [0.3, 0.4) is 0 Å². The molecule has 0 bridgehead atoms. The average molecular weight is 359 g/mol. The third-order valence-electron chi connectivity index (χ3n) is 4.80. The molecule has 1 atom stereocenters. The van der Waals surface area contributed by atoms with Gasteiger partial charge in [-0.1, -0.05) is 66.7 Å². The summed E-state index contributed by atoms with van der Waals surface area (Å²) >= 11 is 0. The number of rotatable bonds is 4. The van der Waals surface area contributed by atoms with Crippen LogP contribution in [-0.2, 0) is 11.3 Å². The largest absolute Gasteiger partial charge is 0.336 e. The van der Waals surface area contributed by atoms with Crippen LogP contribution in [-0.4, -0.2) is 29.4 Å². The molecule has 5 nitrogen and oxygen atoms in total. The maximum atomic E-state index is 12.4. The number of hydrogen-bond acceptors (Lipinski definition) is 2. The molecule has 1 unspecified atom stereocenters. The molecule has 136 valence electrons. The molecule has 0 spiro atoms. The summed E-state index contributed by atoms with van der Waals surface area (Å²) in [6.07, 6.45) is 0.329. The highest BCUT2D eigenvalue weighted by molar-refractivity contribution is 6.01. The van der Waals surface area contributed by atoms with E-state index in [0.29, 0.717) is 19.5 Å². The van der Waals surface area contributed by atoms with E-state index in [0.717, 1.165) is 22.0 Å². The zero-order valence-electron chi connectivity index (χ0n) is 14.9. The van der Waals surface area contributed by atoms with E-state index < -0.39 is 0 Å². The number of fused-ring (bicyclic) bond motifs is 1. The molecule has 1 aliphatic rings. The lowest BCUT2D eigenvalue weighted by Crippen LogP contribution is -2.39. The number of hydrogen-bond donors (Lipinski definition) is 2. The first-order valence-electron chi connectivity index (χ1n) is 9.06. The summed E-state index contributed by atoms with van der Waals surface area (Å²) in [5.41, 5.74) is 1.85. The number of amides is 3. The summed E-state index contributed by atoms with van der Waals surface area (Å²) < 4.78 is 0. The minimum atomic E-state index is -0.286. The molecule has 4 rings (SSSR count). The molecule has 0 radical (unpaired) electrons. The molecule has 3 amide bonds. The molecule has 5 heteroatoms. The van der Waals surface area contributed by atoms with Gasteiger partial charge in [0.25, 0.3) is 0 Å². The molecule has 2 N–H and O–H groups in total. The van der Waals surface area contributed by atoms with E-state index >= 15 is 0 Å². The normalized spacial score (nSPS) is 16.5. The Balaban J connectivity index is 1.38. The fourth-order valence-corrected chi connectivity index (χ4v) is 3.50. The van der Waals surface area contributed by atoms with Gasteiger partial charge < -0.3 is 15.5 Å². The Bertz CT molecular complexity index is 966. The maximum absolute atomic E-state index is 12.4. The van der Waals surface area contributed by atoms with Crippen molar-refractivity contribution >= 4 is 28.4 Å². The van der Waals surface area contributed by atoms with Gasteiger partial charge in [0.15, 0.2) is 0 Å². The van der Waals surface area contributed by atoms with Crippen molar-refractivity contribution in [3.63, 3.8) is 0 Å². The first-order chi connectivity index (χ1) is 13.2. The van der Waals surface area contributed by atoms with E-state index in [4.69, 9.17) is 0 Å². The van der Waals surface area contributed by atoms with Crippen LogP contribution in [0.15, 0.2) is 72.8 Å². The van der Waals surface area contributed by atoms with E-state index in [9.17, 15) is 9.59 Å². The molecule has 0 aromatic heterocycles. The van der Waals surface area contributed by atoms with Crippen molar-refractivity contribution in [2.24, 2.45) is 0 Å². The Morgan fingerprint density at radius 1 is 0.963 bits per heavy atom. The van der Waals surface area contributed by atoms with Crippen molar-refractivity contribution in [1.29, 1.82) is 0 Å². The second kappa shape index (κ2) is 7.50. The van der Waals surface area contributed by atoms with E-state index in [-0.39, 0.29) is 18.0 Å². The number of carbonyl (C=O) groups is 2. The van der Waals surface area contributed by atoms with Crippen molar-refractivity contribution in [3.05, 3.63) is 78.4 Å². The Morgan fingerprint density at radius 3 is 2.56 bits per heavy atom. The molecule has 1 heterocycles. The lowest BCUT2D eigenvalue weighted by Gasteiger charge is -2.17. The minimum Gasteiger partial charge on any atom is -0.336 e.